The summed E-state index contributed by atoms with van der Waals surface area (Å²) in [5, 5.41) is 11.4. The summed E-state index contributed by atoms with van der Waals surface area (Å²) in [7, 11) is 0. The summed E-state index contributed by atoms with van der Waals surface area (Å²) in [5.41, 5.74) is 0. The first-order chi connectivity index (χ1) is 8.22. The summed E-state index contributed by atoms with van der Waals surface area (Å²) in [4.78, 5) is 11.7. The molecule has 0 unspecified atom stereocenters. The second-order valence-corrected chi connectivity index (χ2v) is 5.35. The van der Waals surface area contributed by atoms with Crippen LogP contribution in [0.3, 0.4) is 0 Å². The van der Waals surface area contributed by atoms with Gasteiger partial charge in [-0.2, -0.15) is 0 Å². The molecule has 1 heterocycles. The zero-order valence-electron chi connectivity index (χ0n) is 9.80. The summed E-state index contributed by atoms with van der Waals surface area (Å²) in [5.74, 6) is 0.000229. The number of aromatic nitrogens is 3. The third kappa shape index (κ3) is 3.09. The number of rotatable bonds is 6. The van der Waals surface area contributed by atoms with E-state index in [-0.39, 0.29) is 11.2 Å². The number of amides is 1. The first-order valence-electron chi connectivity index (χ1n) is 5.67. The molecule has 0 aromatic carbocycles. The molecule has 6 heteroatoms. The van der Waals surface area contributed by atoms with Gasteiger partial charge >= 0.3 is 0 Å². The summed E-state index contributed by atoms with van der Waals surface area (Å²) >= 11 is 1.45. The van der Waals surface area contributed by atoms with Gasteiger partial charge in [0.25, 0.3) is 0 Å². The van der Waals surface area contributed by atoms with Crippen molar-refractivity contribution in [1.29, 1.82) is 0 Å². The lowest BCUT2D eigenvalue weighted by molar-refractivity contribution is -0.120. The van der Waals surface area contributed by atoms with Gasteiger partial charge in [0.05, 0.1) is 5.25 Å². The first kappa shape index (κ1) is 12.2. The van der Waals surface area contributed by atoms with Gasteiger partial charge in [-0.1, -0.05) is 17.8 Å². The molecule has 0 aliphatic heterocycles. The monoisotopic (exact) mass is 252 g/mol. The summed E-state index contributed by atoms with van der Waals surface area (Å²) in [6.07, 6.45) is 5.78. The predicted molar refractivity (Wildman–Crippen MR) is 66.8 cm³/mol. The molecule has 92 valence electrons. The van der Waals surface area contributed by atoms with Crippen LogP contribution >= 0.6 is 11.8 Å². The largest absolute Gasteiger partial charge is 0.352 e. The molecular formula is C11H16N4OS. The average molecular weight is 252 g/mol. The van der Waals surface area contributed by atoms with Crippen molar-refractivity contribution in [2.75, 3.05) is 6.54 Å². The maximum Gasteiger partial charge on any atom is 0.233 e. The molecule has 1 aliphatic rings. The number of carbonyl (C=O) groups is 1. The van der Waals surface area contributed by atoms with Gasteiger partial charge in [0.15, 0.2) is 5.16 Å². The lowest BCUT2D eigenvalue weighted by Crippen LogP contribution is -2.31. The molecule has 0 saturated heterocycles. The van der Waals surface area contributed by atoms with Crippen molar-refractivity contribution >= 4 is 17.7 Å². The van der Waals surface area contributed by atoms with Gasteiger partial charge in [0.1, 0.15) is 6.33 Å². The van der Waals surface area contributed by atoms with E-state index in [1.165, 1.54) is 24.6 Å². The van der Waals surface area contributed by atoms with Crippen LogP contribution in [0.1, 0.15) is 25.8 Å². The Bertz CT molecular complexity index is 413. The van der Waals surface area contributed by atoms with E-state index in [9.17, 15) is 4.79 Å². The van der Waals surface area contributed by atoms with Crippen molar-refractivity contribution in [3.8, 4) is 0 Å². The third-order valence-corrected chi connectivity index (χ3v) is 3.62. The number of hydrogen-bond acceptors (Lipinski definition) is 4. The number of thioether (sulfide) groups is 1. The highest BCUT2D eigenvalue weighted by Gasteiger charge is 2.27. The smallest absolute Gasteiger partial charge is 0.233 e. The Labute approximate surface area is 105 Å². The highest BCUT2D eigenvalue weighted by Crippen LogP contribution is 2.37. The maximum absolute atomic E-state index is 11.7. The molecule has 1 N–H and O–H groups in total. The lowest BCUT2D eigenvalue weighted by atomic mass is 10.4. The summed E-state index contributed by atoms with van der Waals surface area (Å²) in [6, 6.07) is 0.538. The molecular weight excluding hydrogens is 236 g/mol. The van der Waals surface area contributed by atoms with E-state index < -0.39 is 0 Å². The third-order valence-electron chi connectivity index (χ3n) is 2.55. The van der Waals surface area contributed by atoms with Crippen molar-refractivity contribution < 1.29 is 4.79 Å². The highest BCUT2D eigenvalue weighted by atomic mass is 32.2. The van der Waals surface area contributed by atoms with Gasteiger partial charge in [0, 0.05) is 12.6 Å². The van der Waals surface area contributed by atoms with Crippen LogP contribution in [0, 0.1) is 0 Å². The van der Waals surface area contributed by atoms with Gasteiger partial charge in [-0.15, -0.1) is 16.8 Å². The Balaban J connectivity index is 1.92. The van der Waals surface area contributed by atoms with Crippen LogP contribution in [0.2, 0.25) is 0 Å². The standard InChI is InChI=1S/C11H16N4OS/c1-3-6-12-10(16)8(2)17-11-14-13-7-15(11)9-4-5-9/h3,7-9H,1,4-6H2,2H3,(H,12,16)/t8-/m1/s1. The Morgan fingerprint density at radius 3 is 3.24 bits per heavy atom. The van der Waals surface area contributed by atoms with Crippen LogP contribution in [0.25, 0.3) is 0 Å². The van der Waals surface area contributed by atoms with Crippen LogP contribution in [-0.4, -0.2) is 32.5 Å². The van der Waals surface area contributed by atoms with Crippen molar-refractivity contribution in [2.45, 2.75) is 36.2 Å². The molecule has 1 saturated carbocycles. The van der Waals surface area contributed by atoms with E-state index >= 15 is 0 Å². The zero-order valence-corrected chi connectivity index (χ0v) is 10.6. The fourth-order valence-corrected chi connectivity index (χ4v) is 2.37. The van der Waals surface area contributed by atoms with Gasteiger partial charge in [-0.05, 0) is 19.8 Å². The number of nitrogens with zero attached hydrogens (tertiary/aromatic N) is 3. The molecule has 0 radical (unpaired) electrons. The Hall–Kier alpha value is -1.30. The van der Waals surface area contributed by atoms with Crippen molar-refractivity contribution in [3.05, 3.63) is 19.0 Å². The van der Waals surface area contributed by atoms with E-state index in [2.05, 4.69) is 26.7 Å². The second-order valence-electron chi connectivity index (χ2n) is 4.05. The first-order valence-corrected chi connectivity index (χ1v) is 6.55. The zero-order chi connectivity index (χ0) is 12.3. The highest BCUT2D eigenvalue weighted by molar-refractivity contribution is 8.00. The van der Waals surface area contributed by atoms with Crippen molar-refractivity contribution in [2.24, 2.45) is 0 Å². The van der Waals surface area contributed by atoms with E-state index in [1.54, 1.807) is 12.4 Å². The minimum absolute atomic E-state index is 0.000229. The van der Waals surface area contributed by atoms with E-state index in [0.29, 0.717) is 12.6 Å². The molecule has 0 spiro atoms. The van der Waals surface area contributed by atoms with Crippen molar-refractivity contribution in [3.63, 3.8) is 0 Å². The van der Waals surface area contributed by atoms with Crippen LogP contribution in [-0.2, 0) is 4.79 Å². The van der Waals surface area contributed by atoms with E-state index in [1.807, 2.05) is 6.92 Å². The Morgan fingerprint density at radius 2 is 2.59 bits per heavy atom. The molecule has 1 fully saturated rings. The molecule has 1 aromatic heterocycles. The van der Waals surface area contributed by atoms with Crippen molar-refractivity contribution in [1.82, 2.24) is 20.1 Å². The molecule has 1 aliphatic carbocycles. The summed E-state index contributed by atoms with van der Waals surface area (Å²) < 4.78 is 2.06. The molecule has 5 nitrogen and oxygen atoms in total. The molecule has 1 atom stereocenters. The number of hydrogen-bond donors (Lipinski definition) is 1. The maximum atomic E-state index is 11.7. The van der Waals surface area contributed by atoms with Crippen LogP contribution in [0.4, 0.5) is 0 Å². The minimum atomic E-state index is -0.170. The fraction of sp³-hybridized carbons (Fsp3) is 0.545. The second kappa shape index (κ2) is 5.35. The molecule has 1 aromatic rings. The molecule has 17 heavy (non-hydrogen) atoms. The van der Waals surface area contributed by atoms with Gasteiger partial charge < -0.3 is 9.88 Å². The minimum Gasteiger partial charge on any atom is -0.352 e. The SMILES string of the molecule is C=CCNC(=O)[C@@H](C)Sc1nncn1C1CC1. The quantitative estimate of drug-likeness (QED) is 0.614. The molecule has 0 bridgehead atoms. The van der Waals surface area contributed by atoms with Gasteiger partial charge in [-0.3, -0.25) is 4.79 Å². The topological polar surface area (TPSA) is 59.8 Å². The van der Waals surface area contributed by atoms with Gasteiger partial charge in [-0.25, -0.2) is 0 Å². The number of nitrogens with one attached hydrogen (secondary N) is 1. The van der Waals surface area contributed by atoms with Gasteiger partial charge in [0.2, 0.25) is 5.91 Å². The van der Waals surface area contributed by atoms with Crippen LogP contribution in [0.15, 0.2) is 24.1 Å². The van der Waals surface area contributed by atoms with E-state index in [0.717, 1.165) is 5.16 Å². The average Bonchev–Trinajstić information content (AvgIpc) is 3.07. The Morgan fingerprint density at radius 1 is 1.82 bits per heavy atom. The fourth-order valence-electron chi connectivity index (χ4n) is 1.45. The predicted octanol–water partition coefficient (Wildman–Crippen LogP) is 1.40. The Kier molecular flexibility index (Phi) is 3.83. The molecule has 2 rings (SSSR count). The lowest BCUT2D eigenvalue weighted by Gasteiger charge is -2.10. The van der Waals surface area contributed by atoms with Crippen LogP contribution in [0.5, 0.6) is 0 Å². The summed E-state index contributed by atoms with van der Waals surface area (Å²) in [6.45, 7) is 5.93. The normalized spacial score (nSPS) is 16.5. The number of carbonyl (C=O) groups excluding carboxylic acids is 1. The van der Waals surface area contributed by atoms with E-state index in [4.69, 9.17) is 0 Å². The van der Waals surface area contributed by atoms with Crippen LogP contribution < -0.4 is 5.32 Å². The molecule has 1 amide bonds.